The molecule has 1 aliphatic rings. The molecular weight excluding hydrogens is 541 g/mol. The van der Waals surface area contributed by atoms with Crippen molar-refractivity contribution in [3.8, 4) is 0 Å². The lowest BCUT2D eigenvalue weighted by Crippen LogP contribution is -2.52. The van der Waals surface area contributed by atoms with Gasteiger partial charge in [0.2, 0.25) is 5.91 Å². The summed E-state index contributed by atoms with van der Waals surface area (Å²) in [5, 5.41) is 10.1. The lowest BCUT2D eigenvalue weighted by molar-refractivity contribution is -0.172. The summed E-state index contributed by atoms with van der Waals surface area (Å²) in [4.78, 5) is 39.7. The van der Waals surface area contributed by atoms with Crippen LogP contribution in [0.3, 0.4) is 0 Å². The van der Waals surface area contributed by atoms with E-state index in [1.54, 1.807) is 20.8 Å². The summed E-state index contributed by atoms with van der Waals surface area (Å²) in [5.41, 5.74) is 3.54. The average molecular weight is 577 g/mol. The molecule has 1 saturated heterocycles. The van der Waals surface area contributed by atoms with Gasteiger partial charge >= 0.3 is 12.1 Å². The van der Waals surface area contributed by atoms with Crippen LogP contribution in [0.15, 0.2) is 48.5 Å². The number of carbonyl (C=O) groups is 3. The van der Waals surface area contributed by atoms with E-state index >= 15 is 0 Å². The molecule has 0 radical (unpaired) electrons. The smallest absolute Gasteiger partial charge is 0.416 e. The highest BCUT2D eigenvalue weighted by Gasteiger charge is 2.41. The van der Waals surface area contributed by atoms with Crippen molar-refractivity contribution in [2.24, 2.45) is 5.73 Å². The van der Waals surface area contributed by atoms with E-state index in [1.807, 2.05) is 0 Å². The Morgan fingerprint density at radius 3 is 2.17 bits per heavy atom. The standard InChI is InChI=1S/C29H35F3N4O5/c1-18(35-25(38)20-10-8-19(9-11-20)24(33)34)26(39)36-14-12-28(13-15-36,40-17-23(37)41-27(2,3)4)21-6-5-7-22(16-21)29(30,31)32/h5-11,16,18H,12-15,17H2,1-4H3,(H3,33,34)(H,35,38)/t18-/m0/s1. The zero-order chi connectivity index (χ0) is 30.6. The second-order valence-electron chi connectivity index (χ2n) is 11.0. The van der Waals surface area contributed by atoms with Gasteiger partial charge in [-0.2, -0.15) is 13.2 Å². The van der Waals surface area contributed by atoms with E-state index in [4.69, 9.17) is 20.6 Å². The molecule has 1 atom stereocenters. The molecule has 1 heterocycles. The van der Waals surface area contributed by atoms with Gasteiger partial charge in [0.1, 0.15) is 24.1 Å². The number of halogens is 3. The Morgan fingerprint density at radius 1 is 1.05 bits per heavy atom. The third-order valence-electron chi connectivity index (χ3n) is 6.66. The number of carbonyl (C=O) groups excluding carboxylic acids is 3. The van der Waals surface area contributed by atoms with Crippen LogP contribution in [0.4, 0.5) is 13.2 Å². The summed E-state index contributed by atoms with van der Waals surface area (Å²) in [6, 6.07) is 9.92. The van der Waals surface area contributed by atoms with Gasteiger partial charge < -0.3 is 25.4 Å². The van der Waals surface area contributed by atoms with Crippen LogP contribution in [0, 0.1) is 5.41 Å². The number of nitrogens with zero attached hydrogens (tertiary/aromatic N) is 1. The van der Waals surface area contributed by atoms with Gasteiger partial charge in [0.15, 0.2) is 0 Å². The quantitative estimate of drug-likeness (QED) is 0.247. The van der Waals surface area contributed by atoms with E-state index in [1.165, 1.54) is 48.2 Å². The zero-order valence-corrected chi connectivity index (χ0v) is 23.4. The number of amidine groups is 1. The lowest BCUT2D eigenvalue weighted by Gasteiger charge is -2.42. The number of hydrogen-bond donors (Lipinski definition) is 3. The first kappa shape index (κ1) is 31.6. The SMILES string of the molecule is C[C@H](NC(=O)c1ccc(C(=N)N)cc1)C(=O)N1CCC(OCC(=O)OC(C)(C)C)(c2cccc(C(F)(F)F)c2)CC1. The number of rotatable bonds is 8. The molecule has 9 nitrogen and oxygen atoms in total. The van der Waals surface area contributed by atoms with Gasteiger partial charge in [-0.3, -0.25) is 15.0 Å². The normalized spacial score (nSPS) is 16.0. The van der Waals surface area contributed by atoms with Crippen molar-refractivity contribution in [3.63, 3.8) is 0 Å². The van der Waals surface area contributed by atoms with Gasteiger partial charge in [0, 0.05) is 24.2 Å². The molecule has 2 aromatic rings. The molecule has 0 aliphatic carbocycles. The van der Waals surface area contributed by atoms with Crippen molar-refractivity contribution in [1.82, 2.24) is 10.2 Å². The molecular formula is C29H35F3N4O5. The molecule has 0 aromatic heterocycles. The number of hydrogen-bond acceptors (Lipinski definition) is 6. The Hall–Kier alpha value is -3.93. The number of benzene rings is 2. The summed E-state index contributed by atoms with van der Waals surface area (Å²) in [7, 11) is 0. The molecule has 0 bridgehead atoms. The van der Waals surface area contributed by atoms with E-state index in [9.17, 15) is 27.6 Å². The third-order valence-corrected chi connectivity index (χ3v) is 6.66. The highest BCUT2D eigenvalue weighted by Crippen LogP contribution is 2.40. The van der Waals surface area contributed by atoms with Crippen molar-refractivity contribution >= 4 is 23.6 Å². The topological polar surface area (TPSA) is 135 Å². The van der Waals surface area contributed by atoms with Crippen molar-refractivity contribution in [1.29, 1.82) is 5.41 Å². The van der Waals surface area contributed by atoms with E-state index in [0.717, 1.165) is 12.1 Å². The van der Waals surface area contributed by atoms with Crippen LogP contribution in [0.1, 0.15) is 67.6 Å². The van der Waals surface area contributed by atoms with Gasteiger partial charge in [0.25, 0.3) is 5.91 Å². The maximum atomic E-state index is 13.5. The van der Waals surface area contributed by atoms with Gasteiger partial charge in [-0.25, -0.2) is 4.79 Å². The summed E-state index contributed by atoms with van der Waals surface area (Å²) in [6.45, 7) is 6.39. The first-order chi connectivity index (χ1) is 19.0. The summed E-state index contributed by atoms with van der Waals surface area (Å²) >= 11 is 0. The second kappa shape index (κ2) is 12.3. The molecule has 0 saturated carbocycles. The number of piperidine rings is 1. The molecule has 41 heavy (non-hydrogen) atoms. The van der Waals surface area contributed by atoms with Crippen molar-refractivity contribution in [2.45, 2.75) is 64.0 Å². The van der Waals surface area contributed by atoms with E-state index in [2.05, 4.69) is 5.32 Å². The number of likely N-dealkylation sites (tertiary alicyclic amines) is 1. The lowest BCUT2D eigenvalue weighted by atomic mass is 9.83. The van der Waals surface area contributed by atoms with Crippen LogP contribution in [-0.2, 0) is 30.8 Å². The minimum Gasteiger partial charge on any atom is -0.458 e. The number of esters is 1. The minimum atomic E-state index is -4.57. The fourth-order valence-corrected chi connectivity index (χ4v) is 4.57. The predicted molar refractivity (Wildman–Crippen MR) is 145 cm³/mol. The number of amides is 2. The van der Waals surface area contributed by atoms with Gasteiger partial charge in [-0.1, -0.05) is 24.3 Å². The van der Waals surface area contributed by atoms with Crippen LogP contribution < -0.4 is 11.1 Å². The first-order valence-corrected chi connectivity index (χ1v) is 13.1. The highest BCUT2D eigenvalue weighted by molar-refractivity contribution is 5.99. The molecule has 12 heteroatoms. The molecule has 1 fully saturated rings. The first-order valence-electron chi connectivity index (χ1n) is 13.1. The molecule has 3 rings (SSSR count). The Labute approximate surface area is 236 Å². The highest BCUT2D eigenvalue weighted by atomic mass is 19.4. The van der Waals surface area contributed by atoms with Crippen LogP contribution in [0.2, 0.25) is 0 Å². The predicted octanol–water partition coefficient (Wildman–Crippen LogP) is 3.98. The van der Waals surface area contributed by atoms with Crippen LogP contribution in [0.25, 0.3) is 0 Å². The van der Waals surface area contributed by atoms with Gasteiger partial charge in [0.05, 0.1) is 11.2 Å². The largest absolute Gasteiger partial charge is 0.458 e. The number of nitrogen functional groups attached to an aromatic ring is 1. The van der Waals surface area contributed by atoms with E-state index < -0.39 is 47.5 Å². The average Bonchev–Trinajstić information content (AvgIpc) is 2.90. The minimum absolute atomic E-state index is 0.121. The van der Waals surface area contributed by atoms with E-state index in [-0.39, 0.29) is 48.8 Å². The number of nitrogens with one attached hydrogen (secondary N) is 2. The van der Waals surface area contributed by atoms with E-state index in [0.29, 0.717) is 5.56 Å². The van der Waals surface area contributed by atoms with Crippen molar-refractivity contribution < 1.29 is 37.0 Å². The molecule has 0 spiro atoms. The monoisotopic (exact) mass is 576 g/mol. The maximum absolute atomic E-state index is 13.5. The number of ether oxygens (including phenoxy) is 2. The molecule has 2 amide bonds. The molecule has 222 valence electrons. The van der Waals surface area contributed by atoms with Crippen LogP contribution in [0.5, 0.6) is 0 Å². The Balaban J connectivity index is 1.73. The van der Waals surface area contributed by atoms with Gasteiger partial charge in [-0.05, 0) is 70.4 Å². The summed E-state index contributed by atoms with van der Waals surface area (Å²) in [6.07, 6.45) is -4.33. The van der Waals surface area contributed by atoms with Gasteiger partial charge in [-0.15, -0.1) is 0 Å². The maximum Gasteiger partial charge on any atom is 0.416 e. The number of alkyl halides is 3. The Morgan fingerprint density at radius 2 is 1.63 bits per heavy atom. The fraction of sp³-hybridized carbons (Fsp3) is 0.448. The molecule has 1 aliphatic heterocycles. The second-order valence-corrected chi connectivity index (χ2v) is 11.0. The molecule has 0 unspecified atom stereocenters. The number of nitrogens with two attached hydrogens (primary N) is 1. The van der Waals surface area contributed by atoms with Crippen molar-refractivity contribution in [3.05, 3.63) is 70.8 Å². The Kier molecular flexibility index (Phi) is 9.47. The summed E-state index contributed by atoms with van der Waals surface area (Å²) < 4.78 is 51.7. The van der Waals surface area contributed by atoms with Crippen molar-refractivity contribution in [2.75, 3.05) is 19.7 Å². The zero-order valence-electron chi connectivity index (χ0n) is 23.4. The van der Waals surface area contributed by atoms with Crippen LogP contribution in [-0.4, -0.2) is 59.9 Å². The molecule has 2 aromatic carbocycles. The Bertz CT molecular complexity index is 1280. The van der Waals surface area contributed by atoms with Crippen LogP contribution >= 0.6 is 0 Å². The summed E-state index contributed by atoms with van der Waals surface area (Å²) in [5.74, 6) is -1.66. The fourth-order valence-electron chi connectivity index (χ4n) is 4.57. The molecule has 4 N–H and O–H groups in total. The third kappa shape index (κ3) is 8.29.